The highest BCUT2D eigenvalue weighted by atomic mass is 19.4. The van der Waals surface area contributed by atoms with E-state index in [9.17, 15) is 13.2 Å². The lowest BCUT2D eigenvalue weighted by atomic mass is 9.96. The second-order valence-electron chi connectivity index (χ2n) is 4.75. The predicted octanol–water partition coefficient (Wildman–Crippen LogP) is 4.09. The van der Waals surface area contributed by atoms with Crippen molar-refractivity contribution < 1.29 is 17.9 Å². The van der Waals surface area contributed by atoms with E-state index in [0.29, 0.717) is 18.8 Å². The molecule has 1 aromatic carbocycles. The van der Waals surface area contributed by atoms with Crippen LogP contribution in [-0.4, -0.2) is 20.3 Å². The lowest BCUT2D eigenvalue weighted by Crippen LogP contribution is -2.18. The molecule has 1 N–H and O–H groups in total. The van der Waals surface area contributed by atoms with Gasteiger partial charge in [0.2, 0.25) is 0 Å². The molecule has 20 heavy (non-hydrogen) atoms. The summed E-state index contributed by atoms with van der Waals surface area (Å²) < 4.78 is 43.2. The number of aryl methyl sites for hydroxylation is 1. The zero-order valence-corrected chi connectivity index (χ0v) is 12.2. The monoisotopic (exact) mass is 289 g/mol. The van der Waals surface area contributed by atoms with Crippen LogP contribution in [0.4, 0.5) is 13.2 Å². The molecule has 1 aromatic rings. The van der Waals surface area contributed by atoms with Crippen LogP contribution in [0.1, 0.15) is 42.5 Å². The lowest BCUT2D eigenvalue weighted by molar-refractivity contribution is -0.137. The maximum absolute atomic E-state index is 12.6. The Morgan fingerprint density at radius 1 is 1.30 bits per heavy atom. The van der Waals surface area contributed by atoms with Crippen LogP contribution in [0.3, 0.4) is 0 Å². The summed E-state index contributed by atoms with van der Waals surface area (Å²) in [6, 6.07) is 3.98. The zero-order chi connectivity index (χ0) is 15.2. The molecule has 0 saturated carbocycles. The SMILES string of the molecule is CCOCCCC(NC)c1ccc(C(F)(F)F)cc1C. The van der Waals surface area contributed by atoms with Crippen LogP contribution < -0.4 is 5.32 Å². The summed E-state index contributed by atoms with van der Waals surface area (Å²) in [5.74, 6) is 0. The van der Waals surface area contributed by atoms with Crippen LogP contribution in [0.25, 0.3) is 0 Å². The van der Waals surface area contributed by atoms with Gasteiger partial charge in [0.1, 0.15) is 0 Å². The van der Waals surface area contributed by atoms with E-state index in [2.05, 4.69) is 5.32 Å². The van der Waals surface area contributed by atoms with Gasteiger partial charge in [-0.15, -0.1) is 0 Å². The van der Waals surface area contributed by atoms with Gasteiger partial charge in [0.05, 0.1) is 5.56 Å². The molecular formula is C15H22F3NO. The molecule has 1 unspecified atom stereocenters. The summed E-state index contributed by atoms with van der Waals surface area (Å²) in [6.45, 7) is 5.02. The maximum Gasteiger partial charge on any atom is 0.416 e. The van der Waals surface area contributed by atoms with Gasteiger partial charge in [-0.2, -0.15) is 13.2 Å². The van der Waals surface area contributed by atoms with Gasteiger partial charge in [0, 0.05) is 19.3 Å². The molecule has 0 heterocycles. The Kier molecular flexibility index (Phi) is 6.49. The Morgan fingerprint density at radius 3 is 2.50 bits per heavy atom. The van der Waals surface area contributed by atoms with Gasteiger partial charge in [-0.1, -0.05) is 6.07 Å². The Morgan fingerprint density at radius 2 is 2.00 bits per heavy atom. The summed E-state index contributed by atoms with van der Waals surface area (Å²) in [5, 5.41) is 3.16. The fourth-order valence-corrected chi connectivity index (χ4v) is 2.23. The molecule has 0 radical (unpaired) electrons. The van der Waals surface area contributed by atoms with Crippen molar-refractivity contribution in [2.45, 2.75) is 38.9 Å². The van der Waals surface area contributed by atoms with Crippen molar-refractivity contribution in [1.29, 1.82) is 0 Å². The molecule has 0 aliphatic heterocycles. The number of alkyl halides is 3. The van der Waals surface area contributed by atoms with Crippen LogP contribution >= 0.6 is 0 Å². The topological polar surface area (TPSA) is 21.3 Å². The second-order valence-corrected chi connectivity index (χ2v) is 4.75. The largest absolute Gasteiger partial charge is 0.416 e. The number of hydrogen-bond donors (Lipinski definition) is 1. The summed E-state index contributed by atoms with van der Waals surface area (Å²) in [7, 11) is 1.82. The third-order valence-electron chi connectivity index (χ3n) is 3.31. The molecule has 5 heteroatoms. The first-order chi connectivity index (χ1) is 9.40. The highest BCUT2D eigenvalue weighted by Crippen LogP contribution is 2.32. The van der Waals surface area contributed by atoms with E-state index in [1.165, 1.54) is 6.07 Å². The second kappa shape index (κ2) is 7.64. The molecule has 0 fully saturated rings. The quantitative estimate of drug-likeness (QED) is 0.763. The number of hydrogen-bond acceptors (Lipinski definition) is 2. The van der Waals surface area contributed by atoms with Crippen LogP contribution in [0, 0.1) is 6.92 Å². The lowest BCUT2D eigenvalue weighted by Gasteiger charge is -2.20. The first-order valence-corrected chi connectivity index (χ1v) is 6.83. The first kappa shape index (κ1) is 17.0. The van der Waals surface area contributed by atoms with E-state index in [4.69, 9.17) is 4.74 Å². The highest BCUT2D eigenvalue weighted by Gasteiger charge is 2.30. The van der Waals surface area contributed by atoms with Crippen LogP contribution in [0.2, 0.25) is 0 Å². The van der Waals surface area contributed by atoms with Crippen molar-refractivity contribution in [2.24, 2.45) is 0 Å². The first-order valence-electron chi connectivity index (χ1n) is 6.83. The average molecular weight is 289 g/mol. The minimum atomic E-state index is -4.28. The summed E-state index contributed by atoms with van der Waals surface area (Å²) >= 11 is 0. The fourth-order valence-electron chi connectivity index (χ4n) is 2.23. The van der Waals surface area contributed by atoms with E-state index in [1.807, 2.05) is 14.0 Å². The smallest absolute Gasteiger partial charge is 0.382 e. The van der Waals surface area contributed by atoms with Gasteiger partial charge in [-0.05, 0) is 57.0 Å². The van der Waals surface area contributed by atoms with Crippen molar-refractivity contribution in [2.75, 3.05) is 20.3 Å². The molecule has 2 nitrogen and oxygen atoms in total. The van der Waals surface area contributed by atoms with Crippen molar-refractivity contribution in [1.82, 2.24) is 5.32 Å². The van der Waals surface area contributed by atoms with Crippen molar-refractivity contribution in [3.05, 3.63) is 34.9 Å². The third-order valence-corrected chi connectivity index (χ3v) is 3.31. The Hall–Kier alpha value is -1.07. The highest BCUT2D eigenvalue weighted by molar-refractivity contribution is 5.34. The van der Waals surface area contributed by atoms with Crippen LogP contribution in [0.15, 0.2) is 18.2 Å². The van der Waals surface area contributed by atoms with Crippen molar-refractivity contribution in [3.8, 4) is 0 Å². The van der Waals surface area contributed by atoms with Gasteiger partial charge in [0.15, 0.2) is 0 Å². The number of rotatable bonds is 7. The summed E-state index contributed by atoms with van der Waals surface area (Å²) in [6.07, 6.45) is -2.57. The zero-order valence-electron chi connectivity index (χ0n) is 12.2. The van der Waals surface area contributed by atoms with E-state index >= 15 is 0 Å². The van der Waals surface area contributed by atoms with Crippen LogP contribution in [0.5, 0.6) is 0 Å². The van der Waals surface area contributed by atoms with Gasteiger partial charge in [-0.3, -0.25) is 0 Å². The van der Waals surface area contributed by atoms with Crippen molar-refractivity contribution in [3.63, 3.8) is 0 Å². The molecule has 0 spiro atoms. The number of nitrogens with one attached hydrogen (secondary N) is 1. The fraction of sp³-hybridized carbons (Fsp3) is 0.600. The van der Waals surface area contributed by atoms with Gasteiger partial charge >= 0.3 is 6.18 Å². The molecule has 114 valence electrons. The van der Waals surface area contributed by atoms with E-state index < -0.39 is 11.7 Å². The average Bonchev–Trinajstić information content (AvgIpc) is 2.38. The third kappa shape index (κ3) is 4.80. The molecular weight excluding hydrogens is 267 g/mol. The van der Waals surface area contributed by atoms with E-state index in [1.54, 1.807) is 13.0 Å². The van der Waals surface area contributed by atoms with E-state index in [-0.39, 0.29) is 6.04 Å². The molecule has 0 saturated heterocycles. The Bertz CT molecular complexity index is 418. The molecule has 1 rings (SSSR count). The summed E-state index contributed by atoms with van der Waals surface area (Å²) in [5.41, 5.74) is 0.982. The molecule has 0 amide bonds. The van der Waals surface area contributed by atoms with Crippen molar-refractivity contribution >= 4 is 0 Å². The number of benzene rings is 1. The minimum absolute atomic E-state index is 0.0535. The van der Waals surface area contributed by atoms with Gasteiger partial charge < -0.3 is 10.1 Å². The van der Waals surface area contributed by atoms with Gasteiger partial charge in [0.25, 0.3) is 0 Å². The molecule has 0 aliphatic rings. The Balaban J connectivity index is 2.78. The number of halogens is 3. The normalized spacial score (nSPS) is 13.5. The molecule has 0 bridgehead atoms. The minimum Gasteiger partial charge on any atom is -0.382 e. The standard InChI is InChI=1S/C15H22F3NO/c1-4-20-9-5-6-14(19-3)13-8-7-12(10-11(13)2)15(16,17)18/h7-8,10,14,19H,4-6,9H2,1-3H3. The van der Waals surface area contributed by atoms with Crippen LogP contribution in [-0.2, 0) is 10.9 Å². The van der Waals surface area contributed by atoms with Gasteiger partial charge in [-0.25, -0.2) is 0 Å². The summed E-state index contributed by atoms with van der Waals surface area (Å²) in [4.78, 5) is 0. The molecule has 0 aliphatic carbocycles. The molecule has 0 aromatic heterocycles. The Labute approximate surface area is 118 Å². The van der Waals surface area contributed by atoms with E-state index in [0.717, 1.165) is 24.5 Å². The number of ether oxygens (including phenoxy) is 1. The molecule has 1 atom stereocenters. The predicted molar refractivity (Wildman–Crippen MR) is 73.7 cm³/mol. The maximum atomic E-state index is 12.6.